The summed E-state index contributed by atoms with van der Waals surface area (Å²) < 4.78 is 15.4. The van der Waals surface area contributed by atoms with Gasteiger partial charge in [-0.2, -0.15) is 0 Å². The minimum Gasteiger partial charge on any atom is -0.466 e. The van der Waals surface area contributed by atoms with Crippen molar-refractivity contribution in [2.45, 2.75) is 38.7 Å². The number of hydrogen-bond acceptors (Lipinski definition) is 5. The summed E-state index contributed by atoms with van der Waals surface area (Å²) in [5.74, 6) is -0.758. The fourth-order valence-electron chi connectivity index (χ4n) is 1.24. The molecule has 0 saturated carbocycles. The van der Waals surface area contributed by atoms with Crippen LogP contribution < -0.4 is 0 Å². The molecule has 1 rings (SSSR count). The molecule has 0 unspecified atom stereocenters. The molecule has 0 spiro atoms. The van der Waals surface area contributed by atoms with Crippen LogP contribution in [0.4, 0.5) is 0 Å². The van der Waals surface area contributed by atoms with Crippen LogP contribution in [-0.2, 0) is 23.8 Å². The number of carbonyl (C=O) groups excluding carboxylic acids is 2. The van der Waals surface area contributed by atoms with Crippen LogP contribution in [0.2, 0.25) is 0 Å². The monoisotopic (exact) mass is 230 g/mol. The Morgan fingerprint density at radius 1 is 1.00 bits per heavy atom. The predicted molar refractivity (Wildman–Crippen MR) is 55.8 cm³/mol. The number of esters is 2. The fourth-order valence-corrected chi connectivity index (χ4v) is 1.24. The minimum absolute atomic E-state index is 0.0644. The fraction of sp³-hybridized carbons (Fsp3) is 0.818. The molecule has 5 heteroatoms. The zero-order valence-electron chi connectivity index (χ0n) is 9.78. The second kappa shape index (κ2) is 5.84. The van der Waals surface area contributed by atoms with Crippen LogP contribution in [0.1, 0.15) is 33.1 Å². The largest absolute Gasteiger partial charge is 0.466 e. The van der Waals surface area contributed by atoms with Gasteiger partial charge < -0.3 is 14.2 Å². The molecule has 16 heavy (non-hydrogen) atoms. The Hall–Kier alpha value is -1.10. The van der Waals surface area contributed by atoms with Gasteiger partial charge in [0.2, 0.25) is 0 Å². The zero-order valence-corrected chi connectivity index (χ0v) is 9.78. The molecule has 0 aromatic rings. The van der Waals surface area contributed by atoms with E-state index in [9.17, 15) is 9.59 Å². The topological polar surface area (TPSA) is 61.8 Å². The molecule has 0 N–H and O–H groups in total. The smallest absolute Gasteiger partial charge is 0.306 e. The van der Waals surface area contributed by atoms with Crippen LogP contribution in [0, 0.1) is 0 Å². The average Bonchev–Trinajstić information content (AvgIpc) is 2.22. The second-order valence-corrected chi connectivity index (χ2v) is 4.34. The van der Waals surface area contributed by atoms with E-state index in [1.165, 1.54) is 0 Å². The molecule has 92 valence electrons. The van der Waals surface area contributed by atoms with Crippen LogP contribution in [0.25, 0.3) is 0 Å². The summed E-state index contributed by atoms with van der Waals surface area (Å²) >= 11 is 0. The highest BCUT2D eigenvalue weighted by molar-refractivity contribution is 5.77. The van der Waals surface area contributed by atoms with Gasteiger partial charge in [-0.1, -0.05) is 0 Å². The molecule has 5 nitrogen and oxygen atoms in total. The first kappa shape index (κ1) is 13.0. The van der Waals surface area contributed by atoms with Gasteiger partial charge in [-0.25, -0.2) is 0 Å². The van der Waals surface area contributed by atoms with Crippen LogP contribution in [0.3, 0.4) is 0 Å². The Morgan fingerprint density at radius 3 is 2.31 bits per heavy atom. The first-order valence-corrected chi connectivity index (χ1v) is 5.45. The summed E-state index contributed by atoms with van der Waals surface area (Å²) in [7, 11) is 0. The van der Waals surface area contributed by atoms with Crippen molar-refractivity contribution in [2.24, 2.45) is 0 Å². The molecule has 0 bridgehead atoms. The quantitative estimate of drug-likeness (QED) is 0.582. The van der Waals surface area contributed by atoms with Crippen molar-refractivity contribution in [3.05, 3.63) is 0 Å². The first-order chi connectivity index (χ1) is 7.49. The number of ether oxygens (including phenoxy) is 3. The molecule has 1 heterocycles. The van der Waals surface area contributed by atoms with Gasteiger partial charge in [0, 0.05) is 6.42 Å². The van der Waals surface area contributed by atoms with E-state index in [1.807, 2.05) is 13.8 Å². The normalized spacial score (nSPS) is 23.6. The van der Waals surface area contributed by atoms with Crippen LogP contribution in [-0.4, -0.2) is 37.4 Å². The minimum atomic E-state index is -0.487. The van der Waals surface area contributed by atoms with E-state index >= 15 is 0 Å². The van der Waals surface area contributed by atoms with Crippen molar-refractivity contribution in [1.82, 2.24) is 0 Å². The van der Waals surface area contributed by atoms with Gasteiger partial charge in [-0.3, -0.25) is 9.59 Å². The van der Waals surface area contributed by atoms with Crippen molar-refractivity contribution in [3.8, 4) is 0 Å². The lowest BCUT2D eigenvalue weighted by Gasteiger charge is -2.25. The third-order valence-electron chi connectivity index (χ3n) is 2.16. The second-order valence-electron chi connectivity index (χ2n) is 4.34. The lowest BCUT2D eigenvalue weighted by molar-refractivity contribution is -0.159. The summed E-state index contributed by atoms with van der Waals surface area (Å²) in [6.45, 7) is 4.75. The van der Waals surface area contributed by atoms with E-state index in [0.717, 1.165) is 0 Å². The third kappa shape index (κ3) is 5.11. The zero-order chi connectivity index (χ0) is 12.0. The van der Waals surface area contributed by atoms with Gasteiger partial charge in [0.05, 0.1) is 31.7 Å². The third-order valence-corrected chi connectivity index (χ3v) is 2.16. The van der Waals surface area contributed by atoms with Gasteiger partial charge in [-0.15, -0.1) is 0 Å². The van der Waals surface area contributed by atoms with Gasteiger partial charge >= 0.3 is 11.9 Å². The van der Waals surface area contributed by atoms with E-state index in [4.69, 9.17) is 14.2 Å². The van der Waals surface area contributed by atoms with E-state index in [1.54, 1.807) is 0 Å². The van der Waals surface area contributed by atoms with Gasteiger partial charge in [0.15, 0.2) is 0 Å². The Balaban J connectivity index is 2.48. The lowest BCUT2D eigenvalue weighted by atomic mass is 10.1. The predicted octanol–water partition coefficient (Wildman–Crippen LogP) is 1.05. The number of hydrogen-bond donors (Lipinski definition) is 0. The summed E-state index contributed by atoms with van der Waals surface area (Å²) in [6.07, 6.45) is 0.804. The van der Waals surface area contributed by atoms with Gasteiger partial charge in [0.1, 0.15) is 6.61 Å². The van der Waals surface area contributed by atoms with E-state index < -0.39 is 11.6 Å². The lowest BCUT2D eigenvalue weighted by Crippen LogP contribution is -2.33. The van der Waals surface area contributed by atoms with Gasteiger partial charge in [0.25, 0.3) is 0 Å². The first-order valence-electron chi connectivity index (χ1n) is 5.45. The van der Waals surface area contributed by atoms with Crippen molar-refractivity contribution >= 4 is 11.9 Å². The summed E-state index contributed by atoms with van der Waals surface area (Å²) in [5, 5.41) is 0. The van der Waals surface area contributed by atoms with E-state index in [0.29, 0.717) is 19.6 Å². The standard InChI is InChI=1S/C11H18O5/c1-11(2)8-15-10(13)5-4-9(12)14-6-3-7-16-11/h3-8H2,1-2H3. The molecule has 0 aromatic heterocycles. The highest BCUT2D eigenvalue weighted by Gasteiger charge is 2.22. The highest BCUT2D eigenvalue weighted by Crippen LogP contribution is 2.12. The summed E-state index contributed by atoms with van der Waals surface area (Å²) in [4.78, 5) is 22.3. The molecular weight excluding hydrogens is 212 g/mol. The summed E-state index contributed by atoms with van der Waals surface area (Å²) in [5.41, 5.74) is -0.487. The van der Waals surface area contributed by atoms with Crippen molar-refractivity contribution < 1.29 is 23.8 Å². The van der Waals surface area contributed by atoms with Crippen LogP contribution in [0.5, 0.6) is 0 Å². The highest BCUT2D eigenvalue weighted by atomic mass is 16.6. The molecular formula is C11H18O5. The number of cyclic esters (lactones) is 2. The molecule has 1 aliphatic heterocycles. The van der Waals surface area contributed by atoms with Crippen molar-refractivity contribution in [1.29, 1.82) is 0 Å². The molecule has 0 aromatic carbocycles. The maximum atomic E-state index is 11.2. The summed E-state index contributed by atoms with van der Waals surface area (Å²) in [6, 6.07) is 0. The van der Waals surface area contributed by atoms with Crippen LogP contribution in [0.15, 0.2) is 0 Å². The molecule has 0 amide bonds. The van der Waals surface area contributed by atoms with E-state index in [2.05, 4.69) is 0 Å². The molecule has 0 radical (unpaired) electrons. The Bertz CT molecular complexity index is 259. The molecule has 0 atom stereocenters. The SMILES string of the molecule is CC1(C)COC(=O)CCC(=O)OCCCO1. The Kier molecular flexibility index (Phi) is 4.73. The number of rotatable bonds is 0. The van der Waals surface area contributed by atoms with E-state index in [-0.39, 0.29) is 25.4 Å². The molecule has 1 fully saturated rings. The number of carbonyl (C=O) groups is 2. The maximum absolute atomic E-state index is 11.2. The van der Waals surface area contributed by atoms with Crippen molar-refractivity contribution in [2.75, 3.05) is 19.8 Å². The Morgan fingerprint density at radius 2 is 1.62 bits per heavy atom. The van der Waals surface area contributed by atoms with Crippen LogP contribution >= 0.6 is 0 Å². The molecule has 1 saturated heterocycles. The van der Waals surface area contributed by atoms with Crippen molar-refractivity contribution in [3.63, 3.8) is 0 Å². The average molecular weight is 230 g/mol. The Labute approximate surface area is 95.0 Å². The molecule has 0 aliphatic carbocycles. The molecule has 1 aliphatic rings. The van der Waals surface area contributed by atoms with Gasteiger partial charge in [-0.05, 0) is 13.8 Å². The maximum Gasteiger partial charge on any atom is 0.306 e.